The predicted molar refractivity (Wildman–Crippen MR) is 83.3 cm³/mol. The first-order valence-corrected chi connectivity index (χ1v) is 7.30. The highest BCUT2D eigenvalue weighted by molar-refractivity contribution is 5.66. The normalized spacial score (nSPS) is 17.2. The fraction of sp³-hybridized carbons (Fsp3) is 0.353. The molecule has 0 saturated carbocycles. The molecule has 3 rings (SSSR count). The third-order valence-electron chi connectivity index (χ3n) is 4.17. The van der Waals surface area contributed by atoms with E-state index in [0.717, 1.165) is 5.56 Å². The third-order valence-corrected chi connectivity index (χ3v) is 4.17. The Kier molecular flexibility index (Phi) is 3.70. The van der Waals surface area contributed by atoms with Crippen molar-refractivity contribution in [2.75, 3.05) is 18.8 Å². The van der Waals surface area contributed by atoms with Gasteiger partial charge in [0, 0.05) is 12.2 Å². The number of rotatable bonds is 3. The molecule has 0 spiro atoms. The topological polar surface area (TPSA) is 42.1 Å². The maximum atomic E-state index is 5.77. The van der Waals surface area contributed by atoms with Gasteiger partial charge in [-0.05, 0) is 67.7 Å². The van der Waals surface area contributed by atoms with Crippen molar-refractivity contribution in [2.24, 2.45) is 0 Å². The van der Waals surface area contributed by atoms with Gasteiger partial charge < -0.3 is 5.73 Å². The van der Waals surface area contributed by atoms with Crippen LogP contribution in [0.1, 0.15) is 31.4 Å². The first kappa shape index (κ1) is 13.1. The molecule has 0 bridgehead atoms. The van der Waals surface area contributed by atoms with Gasteiger partial charge in [0.25, 0.3) is 0 Å². The lowest BCUT2D eigenvalue weighted by Crippen LogP contribution is -2.23. The fourth-order valence-electron chi connectivity index (χ4n) is 2.95. The molecule has 3 heteroatoms. The smallest absolute Gasteiger partial charge is 0.123 e. The summed E-state index contributed by atoms with van der Waals surface area (Å²) < 4.78 is 0. The fourth-order valence-corrected chi connectivity index (χ4v) is 2.95. The summed E-state index contributed by atoms with van der Waals surface area (Å²) >= 11 is 0. The van der Waals surface area contributed by atoms with Crippen LogP contribution in [0.2, 0.25) is 0 Å². The van der Waals surface area contributed by atoms with Crippen molar-refractivity contribution in [3.05, 3.63) is 48.2 Å². The van der Waals surface area contributed by atoms with Crippen LogP contribution in [0.25, 0.3) is 11.1 Å². The molecule has 0 aliphatic carbocycles. The lowest BCUT2D eigenvalue weighted by atomic mass is 10.00. The van der Waals surface area contributed by atoms with E-state index in [4.69, 9.17) is 5.73 Å². The van der Waals surface area contributed by atoms with Crippen LogP contribution in [0.3, 0.4) is 0 Å². The maximum Gasteiger partial charge on any atom is 0.123 e. The van der Waals surface area contributed by atoms with Crippen molar-refractivity contribution in [1.29, 1.82) is 0 Å². The number of nitrogens with zero attached hydrogens (tertiary/aromatic N) is 2. The minimum absolute atomic E-state index is 0.483. The van der Waals surface area contributed by atoms with Crippen molar-refractivity contribution >= 4 is 5.82 Å². The molecule has 1 aliphatic rings. The third kappa shape index (κ3) is 2.68. The van der Waals surface area contributed by atoms with Crippen LogP contribution < -0.4 is 5.73 Å². The van der Waals surface area contributed by atoms with E-state index in [2.05, 4.69) is 41.1 Å². The number of hydrogen-bond donors (Lipinski definition) is 1. The summed E-state index contributed by atoms with van der Waals surface area (Å²) in [6, 6.07) is 13.2. The van der Waals surface area contributed by atoms with Gasteiger partial charge in [0.1, 0.15) is 5.82 Å². The molecule has 20 heavy (non-hydrogen) atoms. The SMILES string of the molecule is C[C@@H](c1cccc(-c2ccnc(N)c2)c1)N1CCCC1. The molecular formula is C17H21N3. The van der Waals surface area contributed by atoms with Crippen molar-refractivity contribution < 1.29 is 0 Å². The predicted octanol–water partition coefficient (Wildman–Crippen LogP) is 3.49. The Morgan fingerprint density at radius 1 is 1.10 bits per heavy atom. The number of aromatic nitrogens is 1. The van der Waals surface area contributed by atoms with Crippen molar-refractivity contribution in [3.8, 4) is 11.1 Å². The number of nitrogens with two attached hydrogens (primary N) is 1. The van der Waals surface area contributed by atoms with Crippen LogP contribution in [-0.4, -0.2) is 23.0 Å². The zero-order valence-corrected chi connectivity index (χ0v) is 11.9. The van der Waals surface area contributed by atoms with Crippen LogP contribution in [-0.2, 0) is 0 Å². The Labute approximate surface area is 120 Å². The molecule has 1 saturated heterocycles. The molecule has 1 atom stereocenters. The second-order valence-corrected chi connectivity index (χ2v) is 5.51. The number of pyridine rings is 1. The van der Waals surface area contributed by atoms with Crippen LogP contribution in [0, 0.1) is 0 Å². The van der Waals surface area contributed by atoms with E-state index < -0.39 is 0 Å². The van der Waals surface area contributed by atoms with E-state index >= 15 is 0 Å². The minimum atomic E-state index is 0.483. The van der Waals surface area contributed by atoms with Crippen LogP contribution in [0.15, 0.2) is 42.6 Å². The Bertz CT molecular complexity index is 588. The summed E-state index contributed by atoms with van der Waals surface area (Å²) in [6.45, 7) is 4.73. The second kappa shape index (κ2) is 5.63. The highest BCUT2D eigenvalue weighted by atomic mass is 15.2. The van der Waals surface area contributed by atoms with Crippen molar-refractivity contribution in [3.63, 3.8) is 0 Å². The minimum Gasteiger partial charge on any atom is -0.384 e. The lowest BCUT2D eigenvalue weighted by molar-refractivity contribution is 0.263. The number of hydrogen-bond acceptors (Lipinski definition) is 3. The van der Waals surface area contributed by atoms with Gasteiger partial charge in [-0.15, -0.1) is 0 Å². The molecule has 2 heterocycles. The molecule has 1 fully saturated rings. The van der Waals surface area contributed by atoms with Gasteiger partial charge in [0.05, 0.1) is 0 Å². The van der Waals surface area contributed by atoms with Gasteiger partial charge in [-0.2, -0.15) is 0 Å². The number of anilines is 1. The van der Waals surface area contributed by atoms with E-state index in [1.54, 1.807) is 6.20 Å². The number of benzene rings is 1. The lowest BCUT2D eigenvalue weighted by Gasteiger charge is -2.24. The van der Waals surface area contributed by atoms with Gasteiger partial charge in [-0.3, -0.25) is 4.90 Å². The zero-order valence-electron chi connectivity index (χ0n) is 11.9. The van der Waals surface area contributed by atoms with Crippen LogP contribution in [0.4, 0.5) is 5.82 Å². The summed E-state index contributed by atoms with van der Waals surface area (Å²) in [4.78, 5) is 6.61. The Morgan fingerprint density at radius 3 is 2.60 bits per heavy atom. The molecule has 2 aromatic rings. The Balaban J connectivity index is 1.89. The summed E-state index contributed by atoms with van der Waals surface area (Å²) in [7, 11) is 0. The molecule has 1 aliphatic heterocycles. The largest absolute Gasteiger partial charge is 0.384 e. The number of nitrogen functional groups attached to an aromatic ring is 1. The van der Waals surface area contributed by atoms with E-state index in [1.807, 2.05) is 12.1 Å². The van der Waals surface area contributed by atoms with Crippen LogP contribution >= 0.6 is 0 Å². The zero-order chi connectivity index (χ0) is 13.9. The molecule has 3 nitrogen and oxygen atoms in total. The van der Waals surface area contributed by atoms with Gasteiger partial charge >= 0.3 is 0 Å². The average Bonchev–Trinajstić information content (AvgIpc) is 3.01. The second-order valence-electron chi connectivity index (χ2n) is 5.51. The molecule has 1 aromatic heterocycles. The van der Waals surface area contributed by atoms with E-state index in [0.29, 0.717) is 11.9 Å². The van der Waals surface area contributed by atoms with Crippen molar-refractivity contribution in [2.45, 2.75) is 25.8 Å². The van der Waals surface area contributed by atoms with Gasteiger partial charge in [-0.1, -0.05) is 18.2 Å². The average molecular weight is 267 g/mol. The summed E-state index contributed by atoms with van der Waals surface area (Å²) in [5.74, 6) is 0.570. The molecule has 1 aromatic carbocycles. The standard InChI is InChI=1S/C17H21N3/c1-13(20-9-2-3-10-20)14-5-4-6-15(11-14)16-7-8-19-17(18)12-16/h4-8,11-13H,2-3,9-10H2,1H3,(H2,18,19)/t13-/m0/s1. The van der Waals surface area contributed by atoms with Gasteiger partial charge in [-0.25, -0.2) is 4.98 Å². The molecular weight excluding hydrogens is 246 g/mol. The quantitative estimate of drug-likeness (QED) is 0.925. The van der Waals surface area contributed by atoms with Crippen LogP contribution in [0.5, 0.6) is 0 Å². The molecule has 0 amide bonds. The van der Waals surface area contributed by atoms with Gasteiger partial charge in [0.2, 0.25) is 0 Å². The molecule has 2 N–H and O–H groups in total. The summed E-state index contributed by atoms with van der Waals surface area (Å²) in [5.41, 5.74) is 9.49. The maximum absolute atomic E-state index is 5.77. The first-order valence-electron chi connectivity index (χ1n) is 7.30. The highest BCUT2D eigenvalue weighted by Crippen LogP contribution is 2.28. The first-order chi connectivity index (χ1) is 9.74. The molecule has 0 unspecified atom stereocenters. The molecule has 104 valence electrons. The van der Waals surface area contributed by atoms with E-state index in [9.17, 15) is 0 Å². The summed E-state index contributed by atoms with van der Waals surface area (Å²) in [5, 5.41) is 0. The number of likely N-dealkylation sites (tertiary alicyclic amines) is 1. The van der Waals surface area contributed by atoms with Crippen molar-refractivity contribution in [1.82, 2.24) is 9.88 Å². The highest BCUT2D eigenvalue weighted by Gasteiger charge is 2.19. The monoisotopic (exact) mass is 267 g/mol. The van der Waals surface area contributed by atoms with E-state index in [-0.39, 0.29) is 0 Å². The van der Waals surface area contributed by atoms with E-state index in [1.165, 1.54) is 37.1 Å². The summed E-state index contributed by atoms with van der Waals surface area (Å²) in [6.07, 6.45) is 4.41. The Hall–Kier alpha value is -1.87. The Morgan fingerprint density at radius 2 is 1.85 bits per heavy atom. The molecule has 0 radical (unpaired) electrons. The van der Waals surface area contributed by atoms with Gasteiger partial charge in [0.15, 0.2) is 0 Å².